The van der Waals surface area contributed by atoms with Gasteiger partial charge in [0.15, 0.2) is 0 Å². The Balaban J connectivity index is 0.00000361. The van der Waals surface area contributed by atoms with Gasteiger partial charge >= 0.3 is 0 Å². The van der Waals surface area contributed by atoms with Gasteiger partial charge in [0.05, 0.1) is 12.7 Å². The fraction of sp³-hybridized carbons (Fsp3) is 0.846. The Morgan fingerprint density at radius 3 is 2.55 bits per heavy atom. The molecule has 0 bridgehead atoms. The summed E-state index contributed by atoms with van der Waals surface area (Å²) >= 11 is 0. The van der Waals surface area contributed by atoms with E-state index in [0.29, 0.717) is 19.7 Å². The Kier molecular flexibility index (Phi) is 8.08. The van der Waals surface area contributed by atoms with Crippen LogP contribution in [0, 0.1) is 0 Å². The number of rotatable bonds is 4. The standard InChI is InChI=1S/C13H25N3O3.ClH/c1-9-11(14-7-8-19-9)12(18)15-6-5-10(17)16-13(2,3)4;/h9,11,14H,5-8H2,1-4H3,(H,15,18)(H,16,17);1H/t9-,11+;/m1./s1. The van der Waals surface area contributed by atoms with Crippen molar-refractivity contribution in [2.45, 2.75) is 51.8 Å². The molecule has 0 aromatic heterocycles. The first-order chi connectivity index (χ1) is 8.79. The van der Waals surface area contributed by atoms with Crippen molar-refractivity contribution in [1.29, 1.82) is 0 Å². The first kappa shape index (κ1) is 19.1. The monoisotopic (exact) mass is 307 g/mol. The molecule has 118 valence electrons. The summed E-state index contributed by atoms with van der Waals surface area (Å²) in [7, 11) is 0. The molecule has 2 atom stereocenters. The smallest absolute Gasteiger partial charge is 0.239 e. The van der Waals surface area contributed by atoms with Gasteiger partial charge in [0.25, 0.3) is 0 Å². The molecule has 0 aromatic carbocycles. The molecule has 0 spiro atoms. The second-order valence-electron chi connectivity index (χ2n) is 5.85. The number of halogens is 1. The summed E-state index contributed by atoms with van der Waals surface area (Å²) in [5.41, 5.74) is -0.242. The molecule has 7 heteroatoms. The lowest BCUT2D eigenvalue weighted by atomic mass is 10.1. The van der Waals surface area contributed by atoms with Crippen molar-refractivity contribution in [3.8, 4) is 0 Å². The van der Waals surface area contributed by atoms with Gasteiger partial charge in [0.2, 0.25) is 11.8 Å². The molecule has 1 aliphatic heterocycles. The molecule has 1 saturated heterocycles. The molecular formula is C13H26ClN3O3. The first-order valence-electron chi connectivity index (χ1n) is 6.73. The van der Waals surface area contributed by atoms with E-state index in [1.54, 1.807) is 0 Å². The lowest BCUT2D eigenvalue weighted by Crippen LogP contribution is -2.55. The topological polar surface area (TPSA) is 79.5 Å². The van der Waals surface area contributed by atoms with Crippen LogP contribution in [-0.4, -0.2) is 49.2 Å². The number of ether oxygens (including phenoxy) is 1. The number of amides is 2. The third-order valence-corrected chi connectivity index (χ3v) is 2.76. The van der Waals surface area contributed by atoms with Crippen molar-refractivity contribution in [1.82, 2.24) is 16.0 Å². The van der Waals surface area contributed by atoms with Crippen LogP contribution < -0.4 is 16.0 Å². The zero-order valence-electron chi connectivity index (χ0n) is 12.6. The van der Waals surface area contributed by atoms with Crippen molar-refractivity contribution in [3.05, 3.63) is 0 Å². The Morgan fingerprint density at radius 1 is 1.35 bits per heavy atom. The van der Waals surface area contributed by atoms with E-state index in [-0.39, 0.29) is 48.3 Å². The SMILES string of the molecule is C[C@H]1OCCN[C@@H]1C(=O)NCCC(=O)NC(C)(C)C.Cl. The maximum atomic E-state index is 11.9. The first-order valence-corrected chi connectivity index (χ1v) is 6.73. The minimum absolute atomic E-state index is 0. The highest BCUT2D eigenvalue weighted by Gasteiger charge is 2.27. The van der Waals surface area contributed by atoms with Crippen LogP contribution in [0.3, 0.4) is 0 Å². The Morgan fingerprint density at radius 2 is 2.00 bits per heavy atom. The fourth-order valence-electron chi connectivity index (χ4n) is 1.92. The quantitative estimate of drug-likeness (QED) is 0.693. The van der Waals surface area contributed by atoms with Gasteiger partial charge in [-0.05, 0) is 27.7 Å². The van der Waals surface area contributed by atoms with E-state index in [1.165, 1.54) is 0 Å². The molecule has 1 rings (SSSR count). The average molecular weight is 308 g/mol. The number of carbonyl (C=O) groups excluding carboxylic acids is 2. The number of hydrogen-bond donors (Lipinski definition) is 3. The van der Waals surface area contributed by atoms with E-state index >= 15 is 0 Å². The summed E-state index contributed by atoms with van der Waals surface area (Å²) in [5.74, 6) is -0.176. The summed E-state index contributed by atoms with van der Waals surface area (Å²) < 4.78 is 5.40. The zero-order chi connectivity index (χ0) is 14.5. The average Bonchev–Trinajstić information content (AvgIpc) is 2.26. The molecule has 20 heavy (non-hydrogen) atoms. The van der Waals surface area contributed by atoms with Crippen molar-refractivity contribution in [2.75, 3.05) is 19.7 Å². The number of hydrogen-bond acceptors (Lipinski definition) is 4. The minimum Gasteiger partial charge on any atom is -0.375 e. The molecule has 1 aliphatic rings. The molecule has 1 heterocycles. The Hall–Kier alpha value is -0.850. The number of morpholine rings is 1. The Labute approximate surface area is 126 Å². The van der Waals surface area contributed by atoms with Gasteiger partial charge in [0.1, 0.15) is 6.04 Å². The van der Waals surface area contributed by atoms with Gasteiger partial charge in [-0.3, -0.25) is 9.59 Å². The van der Waals surface area contributed by atoms with Gasteiger partial charge in [-0.2, -0.15) is 0 Å². The van der Waals surface area contributed by atoms with Crippen molar-refractivity contribution in [3.63, 3.8) is 0 Å². The molecule has 2 amide bonds. The predicted molar refractivity (Wildman–Crippen MR) is 80.0 cm³/mol. The molecule has 0 radical (unpaired) electrons. The zero-order valence-corrected chi connectivity index (χ0v) is 13.4. The highest BCUT2D eigenvalue weighted by atomic mass is 35.5. The van der Waals surface area contributed by atoms with E-state index in [4.69, 9.17) is 4.74 Å². The maximum absolute atomic E-state index is 11.9. The van der Waals surface area contributed by atoms with E-state index in [1.807, 2.05) is 27.7 Å². The van der Waals surface area contributed by atoms with E-state index < -0.39 is 0 Å². The van der Waals surface area contributed by atoms with Gasteiger partial charge in [-0.1, -0.05) is 0 Å². The van der Waals surface area contributed by atoms with Crippen LogP contribution in [0.4, 0.5) is 0 Å². The number of carbonyl (C=O) groups is 2. The van der Waals surface area contributed by atoms with Gasteiger partial charge in [0, 0.05) is 25.0 Å². The molecule has 0 unspecified atom stereocenters. The van der Waals surface area contributed by atoms with Crippen molar-refractivity contribution in [2.24, 2.45) is 0 Å². The fourth-order valence-corrected chi connectivity index (χ4v) is 1.92. The van der Waals surface area contributed by atoms with E-state index in [0.717, 1.165) is 0 Å². The van der Waals surface area contributed by atoms with Gasteiger partial charge in [-0.15, -0.1) is 12.4 Å². The van der Waals surface area contributed by atoms with Gasteiger partial charge in [-0.25, -0.2) is 0 Å². The molecule has 6 nitrogen and oxygen atoms in total. The minimum atomic E-state index is -0.334. The normalized spacial score (nSPS) is 22.6. The molecule has 1 fully saturated rings. The van der Waals surface area contributed by atoms with Crippen LogP contribution in [0.25, 0.3) is 0 Å². The van der Waals surface area contributed by atoms with Crippen molar-refractivity contribution < 1.29 is 14.3 Å². The lowest BCUT2D eigenvalue weighted by molar-refractivity contribution is -0.129. The summed E-state index contributed by atoms with van der Waals surface area (Å²) in [6.45, 7) is 9.28. The lowest BCUT2D eigenvalue weighted by Gasteiger charge is -2.29. The number of nitrogens with one attached hydrogen (secondary N) is 3. The molecule has 0 aromatic rings. The highest BCUT2D eigenvalue weighted by Crippen LogP contribution is 2.04. The predicted octanol–water partition coefficient (Wildman–Crippen LogP) is 0.206. The summed E-state index contributed by atoms with van der Waals surface area (Å²) in [5, 5.41) is 8.72. The third-order valence-electron chi connectivity index (χ3n) is 2.76. The summed E-state index contributed by atoms with van der Waals surface area (Å²) in [6, 6.07) is -0.334. The summed E-state index contributed by atoms with van der Waals surface area (Å²) in [4.78, 5) is 23.5. The van der Waals surface area contributed by atoms with Crippen molar-refractivity contribution >= 4 is 24.2 Å². The van der Waals surface area contributed by atoms with Crippen LogP contribution in [0.5, 0.6) is 0 Å². The van der Waals surface area contributed by atoms with Crippen LogP contribution >= 0.6 is 12.4 Å². The van der Waals surface area contributed by atoms with Crippen LogP contribution in [0.15, 0.2) is 0 Å². The molecular weight excluding hydrogens is 282 g/mol. The second-order valence-corrected chi connectivity index (χ2v) is 5.85. The van der Waals surface area contributed by atoms with Crippen LogP contribution in [-0.2, 0) is 14.3 Å². The van der Waals surface area contributed by atoms with Gasteiger partial charge < -0.3 is 20.7 Å². The Bertz CT molecular complexity index is 331. The molecule has 0 aliphatic carbocycles. The van der Waals surface area contributed by atoms with Crippen LogP contribution in [0.1, 0.15) is 34.1 Å². The third kappa shape index (κ3) is 7.07. The molecule has 3 N–H and O–H groups in total. The maximum Gasteiger partial charge on any atom is 0.239 e. The second kappa shape index (κ2) is 8.44. The van der Waals surface area contributed by atoms with E-state index in [2.05, 4.69) is 16.0 Å². The summed E-state index contributed by atoms with van der Waals surface area (Å²) in [6.07, 6.45) is 0.141. The van der Waals surface area contributed by atoms with E-state index in [9.17, 15) is 9.59 Å². The molecule has 0 saturated carbocycles. The van der Waals surface area contributed by atoms with Crippen LogP contribution in [0.2, 0.25) is 0 Å². The largest absolute Gasteiger partial charge is 0.375 e. The highest BCUT2D eigenvalue weighted by molar-refractivity contribution is 5.85.